The summed E-state index contributed by atoms with van der Waals surface area (Å²) in [5.74, 6) is -10.6. The fraction of sp³-hybridized carbons (Fsp3) is 0.605. The van der Waals surface area contributed by atoms with Gasteiger partial charge in [0.25, 0.3) is 0 Å². The molecule has 7 atom stereocenters. The number of hydrogen-bond acceptors (Lipinski definition) is 16. The average Bonchev–Trinajstić information content (AvgIpc) is 3.32. The number of amides is 9. The van der Waals surface area contributed by atoms with Crippen LogP contribution in [-0.2, 0) is 59.1 Å². The van der Waals surface area contributed by atoms with Crippen LogP contribution in [0.3, 0.4) is 0 Å². The van der Waals surface area contributed by atoms with Gasteiger partial charge < -0.3 is 74.5 Å². The molecule has 28 heteroatoms. The minimum Gasteiger partial charge on any atom is -0.481 e. The van der Waals surface area contributed by atoms with Crippen LogP contribution in [0.25, 0.3) is 0 Å². The number of unbranched alkanes of at least 4 members (excludes halogenated alkanes) is 1. The molecule has 1 aromatic carbocycles. The molecule has 2 fully saturated rings. The van der Waals surface area contributed by atoms with Gasteiger partial charge in [-0.3, -0.25) is 53.4 Å². The Morgan fingerprint density at radius 2 is 1.32 bits per heavy atom. The quantitative estimate of drug-likeness (QED) is 0.0291. The van der Waals surface area contributed by atoms with Crippen molar-refractivity contribution in [1.29, 1.82) is 5.41 Å². The van der Waals surface area contributed by atoms with E-state index in [-0.39, 0.29) is 80.9 Å². The second-order valence-electron chi connectivity index (χ2n) is 16.3. The Morgan fingerprint density at radius 1 is 0.704 bits per heavy atom. The minimum absolute atomic E-state index is 0.0871. The molecule has 2 aliphatic heterocycles. The van der Waals surface area contributed by atoms with Crippen LogP contribution in [0, 0.1) is 5.41 Å². The maximum absolute atomic E-state index is 14.3. The first kappa shape index (κ1) is 59.5. The van der Waals surface area contributed by atoms with E-state index in [1.807, 2.05) is 6.92 Å². The highest BCUT2D eigenvalue weighted by Gasteiger charge is 2.35. The summed E-state index contributed by atoms with van der Waals surface area (Å²) in [6, 6.07) is -1.42. The number of thioether (sulfide) groups is 1. The summed E-state index contributed by atoms with van der Waals surface area (Å²) in [6.45, 7) is 2.21. The Hall–Kier alpha value is -5.84. The highest BCUT2D eigenvalue weighted by Crippen LogP contribution is 2.24. The summed E-state index contributed by atoms with van der Waals surface area (Å²) in [5.41, 5.74) is 11.7. The van der Waals surface area contributed by atoms with Crippen molar-refractivity contribution < 1.29 is 57.8 Å². The Morgan fingerprint density at radius 3 is 2.00 bits per heavy atom. The molecule has 394 valence electrons. The third-order valence-corrected chi connectivity index (χ3v) is 13.9. The topological polar surface area (TPSA) is 396 Å². The molecule has 2 heterocycles. The lowest BCUT2D eigenvalue weighted by atomic mass is 10.0. The first-order chi connectivity index (χ1) is 34.0. The molecule has 0 radical (unpaired) electrons. The van der Waals surface area contributed by atoms with Crippen LogP contribution in [0.5, 0.6) is 0 Å². The van der Waals surface area contributed by atoms with Crippen molar-refractivity contribution >= 4 is 98.4 Å². The van der Waals surface area contributed by atoms with Crippen molar-refractivity contribution in [3.8, 4) is 0 Å². The number of aliphatic carboxylic acids is 1. The SMILES string of the molecule is CCCOCCNC(=O)[C@@H]1CSSC[C@@H]2NC(=O)[C@H](CCCCN)NC(=O)CSC[C@H](NC(=O)[C@H](CC(=O)O)NC(=O)CNC(=O)[C@H](CCCNC(=N)N)NC2=O)C(=O)N[C@@H](Cc2ccccc2)C(=O)N1. The van der Waals surface area contributed by atoms with Crippen molar-refractivity contribution in [2.75, 3.05) is 62.4 Å². The number of rotatable bonds is 18. The number of benzene rings is 1. The van der Waals surface area contributed by atoms with Gasteiger partial charge in [-0.15, -0.1) is 11.8 Å². The molecule has 0 aliphatic carbocycles. The van der Waals surface area contributed by atoms with E-state index in [1.165, 1.54) is 0 Å². The summed E-state index contributed by atoms with van der Waals surface area (Å²) >= 11 is 0.846. The molecule has 25 nitrogen and oxygen atoms in total. The number of carbonyl (C=O) groups is 10. The van der Waals surface area contributed by atoms with E-state index in [1.54, 1.807) is 30.3 Å². The zero-order valence-corrected chi connectivity index (χ0v) is 41.9. The van der Waals surface area contributed by atoms with Crippen LogP contribution in [-0.4, -0.2) is 175 Å². The molecule has 2 saturated heterocycles. The van der Waals surface area contributed by atoms with Gasteiger partial charge in [0.15, 0.2) is 5.96 Å². The molecule has 16 N–H and O–H groups in total. The number of nitrogens with two attached hydrogens (primary N) is 2. The summed E-state index contributed by atoms with van der Waals surface area (Å²) in [4.78, 5) is 137. The fourth-order valence-electron chi connectivity index (χ4n) is 6.80. The zero-order valence-electron chi connectivity index (χ0n) is 39.5. The van der Waals surface area contributed by atoms with Crippen LogP contribution in [0.4, 0.5) is 0 Å². The Kier molecular flexibility index (Phi) is 27.6. The van der Waals surface area contributed by atoms with Gasteiger partial charge in [0.2, 0.25) is 53.2 Å². The van der Waals surface area contributed by atoms with E-state index in [9.17, 15) is 53.1 Å². The summed E-state index contributed by atoms with van der Waals surface area (Å²) < 4.78 is 5.51. The Balaban J connectivity index is 2.21. The standard InChI is InChI=1S/C43H67N13O12S3/c1-2-16-68-17-15-47-37(62)31-22-70-71-23-32-42(67)52-26(12-8-14-48-43(45)46)36(61)49-20-33(57)51-29(19-35(59)60)40(65)54-30(21-69-24-34(58)50-27(38(63)56-32)11-6-7-13-44)41(66)53-28(39(64)55-31)18-25-9-4-3-5-10-25/h3-5,9-10,26-32H,2,6-8,11-24,44H2,1H3,(H,47,62)(H,49,61)(H,50,58)(H,51,57)(H,52,67)(H,53,66)(H,54,65)(H,55,64)(H,56,63)(H,59,60)(H4,45,46,48)/t26-,27-,28-,29-,30-,31-,32-/m0/s1. The third-order valence-electron chi connectivity index (χ3n) is 10.4. The lowest BCUT2D eigenvalue weighted by Gasteiger charge is -2.27. The predicted octanol–water partition coefficient (Wildman–Crippen LogP) is -3.71. The zero-order chi connectivity index (χ0) is 52.1. The molecule has 71 heavy (non-hydrogen) atoms. The lowest BCUT2D eigenvalue weighted by Crippen LogP contribution is -2.60. The number of guanidine groups is 1. The molecule has 0 aromatic heterocycles. The van der Waals surface area contributed by atoms with E-state index in [0.717, 1.165) is 39.8 Å². The van der Waals surface area contributed by atoms with Gasteiger partial charge in [-0.05, 0) is 50.6 Å². The van der Waals surface area contributed by atoms with Crippen molar-refractivity contribution in [3.63, 3.8) is 0 Å². The van der Waals surface area contributed by atoms with Crippen molar-refractivity contribution in [2.24, 2.45) is 11.5 Å². The monoisotopic (exact) mass is 1050 g/mol. The number of hydrogen-bond donors (Lipinski definition) is 14. The number of nitrogens with one attached hydrogen (secondary N) is 11. The summed E-state index contributed by atoms with van der Waals surface area (Å²) in [6.07, 6.45) is 0.704. The van der Waals surface area contributed by atoms with Gasteiger partial charge >= 0.3 is 5.97 Å². The molecule has 0 spiro atoms. The summed E-state index contributed by atoms with van der Waals surface area (Å²) in [5, 5.41) is 43.0. The van der Waals surface area contributed by atoms with Crippen LogP contribution < -0.4 is 64.6 Å². The molecular formula is C43H67N13O12S3. The largest absolute Gasteiger partial charge is 0.481 e. The Bertz CT molecular complexity index is 1990. The van der Waals surface area contributed by atoms with Crippen LogP contribution >= 0.6 is 33.3 Å². The average molecular weight is 1050 g/mol. The van der Waals surface area contributed by atoms with E-state index >= 15 is 0 Å². The normalized spacial score (nSPS) is 23.8. The summed E-state index contributed by atoms with van der Waals surface area (Å²) in [7, 11) is 2.10. The Labute approximate surface area is 423 Å². The smallest absolute Gasteiger partial charge is 0.305 e. The van der Waals surface area contributed by atoms with Crippen molar-refractivity contribution in [1.82, 2.24) is 53.2 Å². The lowest BCUT2D eigenvalue weighted by molar-refractivity contribution is -0.141. The number of ether oxygens (including phenoxy) is 1. The highest BCUT2D eigenvalue weighted by atomic mass is 33.1. The van der Waals surface area contributed by atoms with Crippen LogP contribution in [0.1, 0.15) is 57.4 Å². The van der Waals surface area contributed by atoms with E-state index < -0.39 is 114 Å². The second-order valence-corrected chi connectivity index (χ2v) is 19.9. The maximum Gasteiger partial charge on any atom is 0.305 e. The number of carbonyl (C=O) groups excluding carboxylic acids is 9. The maximum atomic E-state index is 14.3. The predicted molar refractivity (Wildman–Crippen MR) is 267 cm³/mol. The highest BCUT2D eigenvalue weighted by molar-refractivity contribution is 8.76. The number of carboxylic acid groups (broad SMARTS) is 1. The van der Waals surface area contributed by atoms with Crippen molar-refractivity contribution in [2.45, 2.75) is 101 Å². The van der Waals surface area contributed by atoms with E-state index in [4.69, 9.17) is 21.6 Å². The van der Waals surface area contributed by atoms with Gasteiger partial charge in [-0.2, -0.15) is 0 Å². The molecule has 0 unspecified atom stereocenters. The van der Waals surface area contributed by atoms with Crippen LogP contribution in [0.15, 0.2) is 30.3 Å². The van der Waals surface area contributed by atoms with Gasteiger partial charge in [0.1, 0.15) is 42.3 Å². The third kappa shape index (κ3) is 23.3. The minimum atomic E-state index is -1.82. The second kappa shape index (κ2) is 32.9. The fourth-order valence-corrected chi connectivity index (χ4v) is 9.99. The van der Waals surface area contributed by atoms with E-state index in [2.05, 4.69) is 53.2 Å². The molecule has 0 saturated carbocycles. The molecule has 2 aliphatic rings. The first-order valence-electron chi connectivity index (χ1n) is 23.1. The van der Waals surface area contributed by atoms with E-state index in [0.29, 0.717) is 25.0 Å². The van der Waals surface area contributed by atoms with Gasteiger partial charge in [0.05, 0.1) is 25.3 Å². The van der Waals surface area contributed by atoms with Crippen molar-refractivity contribution in [3.05, 3.63) is 35.9 Å². The molecule has 9 amide bonds. The molecule has 2 bridgehead atoms. The molecule has 1 aromatic rings. The van der Waals surface area contributed by atoms with Crippen LogP contribution in [0.2, 0.25) is 0 Å². The number of fused-ring (bicyclic) bond motifs is 9. The molecular weight excluding hydrogens is 987 g/mol. The van der Waals surface area contributed by atoms with Gasteiger partial charge in [0, 0.05) is 43.4 Å². The van der Waals surface area contributed by atoms with Gasteiger partial charge in [-0.1, -0.05) is 58.8 Å². The van der Waals surface area contributed by atoms with Gasteiger partial charge in [-0.25, -0.2) is 0 Å². The first-order valence-corrected chi connectivity index (χ1v) is 26.7. The number of carboxylic acids is 1. The molecule has 3 rings (SSSR count).